The van der Waals surface area contributed by atoms with Crippen LogP contribution >= 0.6 is 0 Å². The Balaban J connectivity index is 1.93. The molecule has 0 radical (unpaired) electrons. The van der Waals surface area contributed by atoms with Crippen molar-refractivity contribution in [2.45, 2.75) is 18.6 Å². The standard InChI is InChI=1S/C17H19F3N2O2/c18-17(19,20)14-6-2-1-5-13(14)15-16(23)21-7-8-22(15)10-12-4-3-9-24-11-12/h1-2,4-6,15H,3,7-11H2,(H,21,23)/t15-/m0/s1. The average molecular weight is 340 g/mol. The molecule has 1 aromatic rings. The first-order valence-electron chi connectivity index (χ1n) is 7.90. The fourth-order valence-electron chi connectivity index (χ4n) is 3.20. The molecule has 0 bridgehead atoms. The zero-order chi connectivity index (χ0) is 17.2. The summed E-state index contributed by atoms with van der Waals surface area (Å²) in [5.74, 6) is -0.393. The summed E-state index contributed by atoms with van der Waals surface area (Å²) in [6.07, 6.45) is -1.66. The van der Waals surface area contributed by atoms with Crippen LogP contribution in [-0.4, -0.2) is 43.7 Å². The van der Waals surface area contributed by atoms with Crippen molar-refractivity contribution in [3.8, 4) is 0 Å². The van der Waals surface area contributed by atoms with E-state index in [1.165, 1.54) is 18.2 Å². The smallest absolute Gasteiger partial charge is 0.377 e. The maximum absolute atomic E-state index is 13.3. The number of hydrogen-bond donors (Lipinski definition) is 1. The summed E-state index contributed by atoms with van der Waals surface area (Å²) in [7, 11) is 0. The van der Waals surface area contributed by atoms with Crippen LogP contribution in [0, 0.1) is 0 Å². The molecule has 0 unspecified atom stereocenters. The van der Waals surface area contributed by atoms with Crippen molar-refractivity contribution in [1.29, 1.82) is 0 Å². The first-order chi connectivity index (χ1) is 11.5. The highest BCUT2D eigenvalue weighted by Crippen LogP contribution is 2.37. The van der Waals surface area contributed by atoms with Gasteiger partial charge in [-0.1, -0.05) is 24.3 Å². The first kappa shape index (κ1) is 17.0. The predicted molar refractivity (Wildman–Crippen MR) is 82.3 cm³/mol. The first-order valence-corrected chi connectivity index (χ1v) is 7.90. The number of hydrogen-bond acceptors (Lipinski definition) is 3. The Morgan fingerprint density at radius 2 is 2.08 bits per heavy atom. The van der Waals surface area contributed by atoms with E-state index >= 15 is 0 Å². The third kappa shape index (κ3) is 3.62. The molecule has 0 aromatic heterocycles. The van der Waals surface area contributed by atoms with Crippen LogP contribution in [0.5, 0.6) is 0 Å². The van der Waals surface area contributed by atoms with Crippen LogP contribution < -0.4 is 5.32 Å². The molecule has 2 aliphatic heterocycles. The number of ether oxygens (including phenoxy) is 1. The minimum Gasteiger partial charge on any atom is -0.377 e. The minimum atomic E-state index is -4.49. The van der Waals surface area contributed by atoms with Crippen LogP contribution in [0.4, 0.5) is 13.2 Å². The van der Waals surface area contributed by atoms with Crippen molar-refractivity contribution < 1.29 is 22.7 Å². The lowest BCUT2D eigenvalue weighted by atomic mass is 9.96. The monoisotopic (exact) mass is 340 g/mol. The van der Waals surface area contributed by atoms with E-state index in [4.69, 9.17) is 4.74 Å². The molecule has 3 rings (SSSR count). The third-order valence-corrected chi connectivity index (χ3v) is 4.26. The van der Waals surface area contributed by atoms with E-state index in [0.29, 0.717) is 32.8 Å². The van der Waals surface area contributed by atoms with Crippen LogP contribution in [0.25, 0.3) is 0 Å². The Morgan fingerprint density at radius 3 is 2.79 bits per heavy atom. The van der Waals surface area contributed by atoms with Crippen LogP contribution in [-0.2, 0) is 15.7 Å². The average Bonchev–Trinajstić information content (AvgIpc) is 2.55. The third-order valence-electron chi connectivity index (χ3n) is 4.26. The van der Waals surface area contributed by atoms with Gasteiger partial charge in [0.05, 0.1) is 18.8 Å². The Labute approximate surface area is 138 Å². The summed E-state index contributed by atoms with van der Waals surface area (Å²) in [4.78, 5) is 14.2. The zero-order valence-corrected chi connectivity index (χ0v) is 13.1. The number of alkyl halides is 3. The molecule has 1 atom stereocenters. The number of benzene rings is 1. The number of nitrogens with one attached hydrogen (secondary N) is 1. The molecule has 24 heavy (non-hydrogen) atoms. The van der Waals surface area contributed by atoms with Gasteiger partial charge in [0.2, 0.25) is 5.91 Å². The van der Waals surface area contributed by atoms with E-state index in [9.17, 15) is 18.0 Å². The van der Waals surface area contributed by atoms with Gasteiger partial charge in [0.25, 0.3) is 0 Å². The molecule has 0 saturated carbocycles. The molecule has 1 aromatic carbocycles. The largest absolute Gasteiger partial charge is 0.416 e. The maximum atomic E-state index is 13.3. The lowest BCUT2D eigenvalue weighted by Crippen LogP contribution is -2.51. The molecular formula is C17H19F3N2O2. The Bertz CT molecular complexity index is 643. The number of nitrogens with zero attached hydrogens (tertiary/aromatic N) is 1. The molecule has 2 heterocycles. The van der Waals surface area contributed by atoms with E-state index in [0.717, 1.165) is 18.1 Å². The van der Waals surface area contributed by atoms with Gasteiger partial charge < -0.3 is 10.1 Å². The second-order valence-electron chi connectivity index (χ2n) is 5.95. The molecule has 7 heteroatoms. The number of amides is 1. The molecule has 2 aliphatic rings. The SMILES string of the molecule is O=C1NCCN(CC2=CCCOC2)[C@H]1c1ccccc1C(F)(F)F. The molecule has 4 nitrogen and oxygen atoms in total. The normalized spacial score (nSPS) is 22.9. The van der Waals surface area contributed by atoms with E-state index < -0.39 is 23.7 Å². The minimum absolute atomic E-state index is 0.000437. The van der Waals surface area contributed by atoms with Crippen molar-refractivity contribution in [3.05, 3.63) is 47.0 Å². The lowest BCUT2D eigenvalue weighted by Gasteiger charge is -2.37. The molecule has 1 saturated heterocycles. The number of carbonyl (C=O) groups is 1. The van der Waals surface area contributed by atoms with Gasteiger partial charge >= 0.3 is 6.18 Å². The summed E-state index contributed by atoms with van der Waals surface area (Å²) < 4.78 is 45.4. The van der Waals surface area contributed by atoms with Gasteiger partial charge in [0, 0.05) is 19.6 Å². The van der Waals surface area contributed by atoms with Crippen molar-refractivity contribution >= 4 is 5.91 Å². The highest BCUT2D eigenvalue weighted by Gasteiger charge is 2.40. The predicted octanol–water partition coefficient (Wildman–Crippen LogP) is 2.53. The molecular weight excluding hydrogens is 321 g/mol. The van der Waals surface area contributed by atoms with Gasteiger partial charge in [-0.25, -0.2) is 0 Å². The maximum Gasteiger partial charge on any atom is 0.416 e. The number of halogens is 3. The molecule has 0 aliphatic carbocycles. The number of carbonyl (C=O) groups excluding carboxylic acids is 1. The van der Waals surface area contributed by atoms with Gasteiger partial charge in [0.15, 0.2) is 0 Å². The number of piperazine rings is 1. The van der Waals surface area contributed by atoms with Gasteiger partial charge in [-0.05, 0) is 23.6 Å². The lowest BCUT2D eigenvalue weighted by molar-refractivity contribution is -0.140. The molecule has 1 N–H and O–H groups in total. The van der Waals surface area contributed by atoms with Crippen LogP contribution in [0.1, 0.15) is 23.6 Å². The van der Waals surface area contributed by atoms with Crippen molar-refractivity contribution in [2.24, 2.45) is 0 Å². The fraction of sp³-hybridized carbons (Fsp3) is 0.471. The van der Waals surface area contributed by atoms with Gasteiger partial charge in [0.1, 0.15) is 6.04 Å². The van der Waals surface area contributed by atoms with Gasteiger partial charge in [-0.15, -0.1) is 0 Å². The molecule has 1 fully saturated rings. The fourth-order valence-corrected chi connectivity index (χ4v) is 3.20. The van der Waals surface area contributed by atoms with E-state index in [2.05, 4.69) is 5.32 Å². The van der Waals surface area contributed by atoms with Crippen molar-refractivity contribution in [3.63, 3.8) is 0 Å². The summed E-state index contributed by atoms with van der Waals surface area (Å²) in [5, 5.41) is 2.68. The summed E-state index contributed by atoms with van der Waals surface area (Å²) >= 11 is 0. The Morgan fingerprint density at radius 1 is 1.29 bits per heavy atom. The molecule has 0 spiro atoms. The summed E-state index contributed by atoms with van der Waals surface area (Å²) in [6, 6.07) is 4.34. The number of rotatable bonds is 3. The van der Waals surface area contributed by atoms with Gasteiger partial charge in [-0.2, -0.15) is 13.2 Å². The van der Waals surface area contributed by atoms with Crippen molar-refractivity contribution in [2.75, 3.05) is 32.8 Å². The Kier molecular flexibility index (Phi) is 4.91. The second-order valence-corrected chi connectivity index (χ2v) is 5.95. The highest BCUT2D eigenvalue weighted by molar-refractivity contribution is 5.84. The second kappa shape index (κ2) is 6.94. The molecule has 130 valence electrons. The van der Waals surface area contributed by atoms with E-state index in [1.807, 2.05) is 6.08 Å². The van der Waals surface area contributed by atoms with E-state index in [-0.39, 0.29) is 5.56 Å². The zero-order valence-electron chi connectivity index (χ0n) is 13.1. The van der Waals surface area contributed by atoms with Crippen molar-refractivity contribution in [1.82, 2.24) is 10.2 Å². The summed E-state index contributed by atoms with van der Waals surface area (Å²) in [6.45, 7) is 2.48. The van der Waals surface area contributed by atoms with Crippen LogP contribution in [0.2, 0.25) is 0 Å². The van der Waals surface area contributed by atoms with Crippen LogP contribution in [0.3, 0.4) is 0 Å². The van der Waals surface area contributed by atoms with E-state index in [1.54, 1.807) is 4.90 Å². The topological polar surface area (TPSA) is 41.6 Å². The van der Waals surface area contributed by atoms with Crippen LogP contribution in [0.15, 0.2) is 35.9 Å². The quantitative estimate of drug-likeness (QED) is 0.860. The Hall–Kier alpha value is -1.86. The van der Waals surface area contributed by atoms with Gasteiger partial charge in [-0.3, -0.25) is 9.69 Å². The summed E-state index contributed by atoms with van der Waals surface area (Å²) in [5.41, 5.74) is 0.246. The molecule has 1 amide bonds. The highest BCUT2D eigenvalue weighted by atomic mass is 19.4.